The van der Waals surface area contributed by atoms with Crippen LogP contribution >= 0.6 is 0 Å². The van der Waals surface area contributed by atoms with Gasteiger partial charge in [0.2, 0.25) is 5.91 Å². The second kappa shape index (κ2) is 6.38. The summed E-state index contributed by atoms with van der Waals surface area (Å²) >= 11 is 0. The van der Waals surface area contributed by atoms with Gasteiger partial charge in [-0.05, 0) is 30.2 Å². The summed E-state index contributed by atoms with van der Waals surface area (Å²) in [5, 5.41) is 2.81. The number of amides is 1. The van der Waals surface area contributed by atoms with Crippen molar-refractivity contribution in [3.63, 3.8) is 0 Å². The summed E-state index contributed by atoms with van der Waals surface area (Å²) in [6.45, 7) is 0.335. The Kier molecular flexibility index (Phi) is 4.57. The molecule has 0 spiro atoms. The third kappa shape index (κ3) is 3.48. The van der Waals surface area contributed by atoms with Gasteiger partial charge in [-0.2, -0.15) is 0 Å². The number of hydrogen-bond acceptors (Lipinski definition) is 5. The van der Waals surface area contributed by atoms with Crippen molar-refractivity contribution in [3.05, 3.63) is 23.8 Å². The second-order valence-electron chi connectivity index (χ2n) is 4.63. The number of esters is 1. The molecule has 20 heavy (non-hydrogen) atoms. The normalized spacial score (nSPS) is 15.0. The Hall–Kier alpha value is -2.08. The molecule has 1 aromatic carbocycles. The lowest BCUT2D eigenvalue weighted by atomic mass is 10.0. The predicted molar refractivity (Wildman–Crippen MR) is 73.5 cm³/mol. The lowest BCUT2D eigenvalue weighted by molar-refractivity contribution is -0.142. The van der Waals surface area contributed by atoms with E-state index < -0.39 is 12.0 Å². The van der Waals surface area contributed by atoms with Crippen molar-refractivity contribution in [3.8, 4) is 5.75 Å². The number of carbonyl (C=O) groups excluding carboxylic acids is 2. The zero-order chi connectivity index (χ0) is 14.5. The zero-order valence-electron chi connectivity index (χ0n) is 11.3. The number of ether oxygens (including phenoxy) is 2. The molecule has 1 atom stereocenters. The smallest absolute Gasteiger partial charge is 0.322 e. The van der Waals surface area contributed by atoms with E-state index in [0.717, 1.165) is 11.3 Å². The molecule has 1 aliphatic heterocycles. The molecule has 0 bridgehead atoms. The largest absolute Gasteiger partial charge is 0.494 e. The van der Waals surface area contributed by atoms with Gasteiger partial charge in [-0.25, -0.2) is 0 Å². The highest BCUT2D eigenvalue weighted by atomic mass is 16.5. The molecule has 0 saturated heterocycles. The third-order valence-electron chi connectivity index (χ3n) is 3.17. The molecule has 3 N–H and O–H groups in total. The summed E-state index contributed by atoms with van der Waals surface area (Å²) in [5.74, 6) is 0.300. The van der Waals surface area contributed by atoms with Gasteiger partial charge in [0.15, 0.2) is 0 Å². The number of rotatable bonds is 5. The van der Waals surface area contributed by atoms with Gasteiger partial charge in [0.05, 0.1) is 13.7 Å². The molecule has 0 aliphatic carbocycles. The van der Waals surface area contributed by atoms with Gasteiger partial charge in [-0.3, -0.25) is 9.59 Å². The van der Waals surface area contributed by atoms with Gasteiger partial charge in [0, 0.05) is 18.5 Å². The van der Waals surface area contributed by atoms with E-state index >= 15 is 0 Å². The number of nitrogens with two attached hydrogens (primary N) is 1. The maximum atomic E-state index is 11.2. The molecule has 1 amide bonds. The van der Waals surface area contributed by atoms with Crippen molar-refractivity contribution in [2.24, 2.45) is 5.73 Å². The number of hydrogen-bond donors (Lipinski definition) is 2. The van der Waals surface area contributed by atoms with Gasteiger partial charge >= 0.3 is 5.97 Å². The Bertz CT molecular complexity index is 516. The molecule has 6 heteroatoms. The van der Waals surface area contributed by atoms with Crippen LogP contribution < -0.4 is 15.8 Å². The Morgan fingerprint density at radius 2 is 2.25 bits per heavy atom. The summed E-state index contributed by atoms with van der Waals surface area (Å²) in [7, 11) is 1.31. The van der Waals surface area contributed by atoms with Crippen LogP contribution in [0.2, 0.25) is 0 Å². The molecule has 0 fully saturated rings. The zero-order valence-corrected chi connectivity index (χ0v) is 11.3. The highest BCUT2D eigenvalue weighted by Gasteiger charge is 2.16. The number of carbonyl (C=O) groups is 2. The van der Waals surface area contributed by atoms with Crippen molar-refractivity contribution in [2.45, 2.75) is 25.3 Å². The van der Waals surface area contributed by atoms with Crippen LogP contribution in [0.5, 0.6) is 5.75 Å². The molecule has 1 heterocycles. The molecule has 1 aliphatic rings. The van der Waals surface area contributed by atoms with Gasteiger partial charge in [0.1, 0.15) is 11.8 Å². The molecule has 108 valence electrons. The standard InChI is InChI=1S/C14H18N2O4/c1-19-14(18)11(15)6-7-20-10-3-4-12-9(8-10)2-5-13(17)16-12/h3-4,8,11H,2,5-7,15H2,1H3,(H,16,17). The fraction of sp³-hybridized carbons (Fsp3) is 0.429. The summed E-state index contributed by atoms with van der Waals surface area (Å²) in [4.78, 5) is 22.4. The first-order valence-corrected chi connectivity index (χ1v) is 6.49. The van der Waals surface area contributed by atoms with Gasteiger partial charge in [-0.1, -0.05) is 0 Å². The maximum Gasteiger partial charge on any atom is 0.322 e. The van der Waals surface area contributed by atoms with Crippen LogP contribution in [0.3, 0.4) is 0 Å². The number of aryl methyl sites for hydroxylation is 1. The summed E-state index contributed by atoms with van der Waals surface area (Å²) in [5.41, 5.74) is 7.50. The lowest BCUT2D eigenvalue weighted by Crippen LogP contribution is -2.33. The second-order valence-corrected chi connectivity index (χ2v) is 4.63. The quantitative estimate of drug-likeness (QED) is 0.779. The monoisotopic (exact) mass is 278 g/mol. The van der Waals surface area contributed by atoms with Gasteiger partial charge in [0.25, 0.3) is 0 Å². The van der Waals surface area contributed by atoms with Crippen LogP contribution in [0.15, 0.2) is 18.2 Å². The molecular formula is C14H18N2O4. The van der Waals surface area contributed by atoms with E-state index in [1.165, 1.54) is 7.11 Å². The first-order chi connectivity index (χ1) is 9.60. The number of benzene rings is 1. The van der Waals surface area contributed by atoms with E-state index in [1.807, 2.05) is 12.1 Å². The Morgan fingerprint density at radius 1 is 1.45 bits per heavy atom. The van der Waals surface area contributed by atoms with Crippen LogP contribution in [0.25, 0.3) is 0 Å². The maximum absolute atomic E-state index is 11.2. The fourth-order valence-corrected chi connectivity index (χ4v) is 2.02. The number of fused-ring (bicyclic) bond motifs is 1. The van der Waals surface area contributed by atoms with E-state index in [0.29, 0.717) is 31.6 Å². The fourth-order valence-electron chi connectivity index (χ4n) is 2.02. The molecular weight excluding hydrogens is 260 g/mol. The van der Waals surface area contributed by atoms with Crippen LogP contribution in [-0.2, 0) is 20.7 Å². The molecule has 0 saturated carbocycles. The van der Waals surface area contributed by atoms with Gasteiger partial charge in [-0.15, -0.1) is 0 Å². The third-order valence-corrected chi connectivity index (χ3v) is 3.17. The predicted octanol–water partition coefficient (Wildman–Crippen LogP) is 0.840. The Labute approximate surface area is 117 Å². The minimum atomic E-state index is -0.670. The highest BCUT2D eigenvalue weighted by Crippen LogP contribution is 2.26. The van der Waals surface area contributed by atoms with Crippen LogP contribution in [0.4, 0.5) is 5.69 Å². The number of methoxy groups -OCH3 is 1. The number of anilines is 1. The minimum absolute atomic E-state index is 0.0372. The van der Waals surface area contributed by atoms with Crippen molar-refractivity contribution in [1.29, 1.82) is 0 Å². The first kappa shape index (κ1) is 14.3. The molecule has 1 aromatic rings. The minimum Gasteiger partial charge on any atom is -0.494 e. The molecule has 2 rings (SSSR count). The summed E-state index contributed by atoms with van der Waals surface area (Å²) < 4.78 is 10.1. The van der Waals surface area contributed by atoms with Crippen LogP contribution in [0, 0.1) is 0 Å². The SMILES string of the molecule is COC(=O)C(N)CCOc1ccc2c(c1)CCC(=O)N2. The van der Waals surface area contributed by atoms with Crippen molar-refractivity contribution in [1.82, 2.24) is 0 Å². The molecule has 0 radical (unpaired) electrons. The van der Waals surface area contributed by atoms with Crippen molar-refractivity contribution < 1.29 is 19.1 Å². The average molecular weight is 278 g/mol. The van der Waals surface area contributed by atoms with Crippen molar-refractivity contribution >= 4 is 17.6 Å². The highest BCUT2D eigenvalue weighted by molar-refractivity contribution is 5.93. The van der Waals surface area contributed by atoms with E-state index in [9.17, 15) is 9.59 Å². The first-order valence-electron chi connectivity index (χ1n) is 6.49. The van der Waals surface area contributed by atoms with E-state index in [-0.39, 0.29) is 5.91 Å². The van der Waals surface area contributed by atoms with E-state index in [4.69, 9.17) is 10.5 Å². The molecule has 1 unspecified atom stereocenters. The van der Waals surface area contributed by atoms with E-state index in [1.54, 1.807) is 6.07 Å². The van der Waals surface area contributed by atoms with Gasteiger partial charge < -0.3 is 20.5 Å². The summed E-state index contributed by atoms with van der Waals surface area (Å²) in [6.07, 6.45) is 1.59. The molecule has 6 nitrogen and oxygen atoms in total. The topological polar surface area (TPSA) is 90.7 Å². The van der Waals surface area contributed by atoms with Crippen LogP contribution in [-0.4, -0.2) is 31.6 Å². The molecule has 0 aromatic heterocycles. The Balaban J connectivity index is 1.88. The van der Waals surface area contributed by atoms with E-state index in [2.05, 4.69) is 10.1 Å². The number of nitrogens with one attached hydrogen (secondary N) is 1. The Morgan fingerprint density at radius 3 is 3.00 bits per heavy atom. The summed E-state index contributed by atoms with van der Waals surface area (Å²) in [6, 6.07) is 4.84. The average Bonchev–Trinajstić information content (AvgIpc) is 2.46. The lowest BCUT2D eigenvalue weighted by Gasteiger charge is -2.18. The van der Waals surface area contributed by atoms with Crippen molar-refractivity contribution in [2.75, 3.05) is 19.0 Å². The van der Waals surface area contributed by atoms with Crippen LogP contribution in [0.1, 0.15) is 18.4 Å².